The van der Waals surface area contributed by atoms with Crippen molar-refractivity contribution >= 4 is 11.3 Å². The zero-order chi connectivity index (χ0) is 13.9. The van der Waals surface area contributed by atoms with E-state index in [1.165, 1.54) is 23.5 Å². The second kappa shape index (κ2) is 5.71. The average Bonchev–Trinajstić information content (AvgIpc) is 2.89. The molecule has 0 saturated carbocycles. The Morgan fingerprint density at radius 1 is 1.21 bits per heavy atom. The third-order valence-electron chi connectivity index (χ3n) is 2.85. The summed E-state index contributed by atoms with van der Waals surface area (Å²) >= 11 is 1.51. The number of thiazole rings is 1. The number of aromatic nitrogens is 1. The van der Waals surface area contributed by atoms with Gasteiger partial charge in [0.25, 0.3) is 0 Å². The fraction of sp³-hybridized carbons (Fsp3) is 0.308. The standard InChI is InChI=1S/C13H13F3N2S/c14-13(15,16)11-3-1-9(2-4-11)7-10(8-17)12-18-5-6-19-12/h1-6,10H,7-8,17H2. The van der Waals surface area contributed by atoms with Gasteiger partial charge in [0.15, 0.2) is 0 Å². The van der Waals surface area contributed by atoms with E-state index in [1.54, 1.807) is 6.20 Å². The fourth-order valence-electron chi connectivity index (χ4n) is 1.82. The van der Waals surface area contributed by atoms with Crippen LogP contribution in [0.2, 0.25) is 0 Å². The van der Waals surface area contributed by atoms with Crippen molar-refractivity contribution in [3.63, 3.8) is 0 Å². The minimum atomic E-state index is -4.29. The van der Waals surface area contributed by atoms with Gasteiger partial charge in [0.05, 0.1) is 10.6 Å². The van der Waals surface area contributed by atoms with E-state index in [4.69, 9.17) is 5.73 Å². The Morgan fingerprint density at radius 2 is 1.89 bits per heavy atom. The molecule has 2 nitrogen and oxygen atoms in total. The average molecular weight is 286 g/mol. The van der Waals surface area contributed by atoms with Crippen LogP contribution in [0.5, 0.6) is 0 Å². The van der Waals surface area contributed by atoms with Gasteiger partial charge in [-0.1, -0.05) is 12.1 Å². The first-order valence-corrected chi connectivity index (χ1v) is 6.64. The number of alkyl halides is 3. The van der Waals surface area contributed by atoms with Gasteiger partial charge in [-0.2, -0.15) is 13.2 Å². The summed E-state index contributed by atoms with van der Waals surface area (Å²) in [6, 6.07) is 5.20. The summed E-state index contributed by atoms with van der Waals surface area (Å²) in [7, 11) is 0. The topological polar surface area (TPSA) is 38.9 Å². The van der Waals surface area contributed by atoms with Crippen LogP contribution < -0.4 is 5.73 Å². The largest absolute Gasteiger partial charge is 0.416 e. The van der Waals surface area contributed by atoms with Crippen molar-refractivity contribution in [2.24, 2.45) is 5.73 Å². The lowest BCUT2D eigenvalue weighted by Crippen LogP contribution is -2.15. The third-order valence-corrected chi connectivity index (χ3v) is 3.79. The first kappa shape index (κ1) is 14.0. The Morgan fingerprint density at radius 3 is 2.37 bits per heavy atom. The number of benzene rings is 1. The molecular weight excluding hydrogens is 273 g/mol. The summed E-state index contributed by atoms with van der Waals surface area (Å²) in [6.07, 6.45) is -1.99. The molecule has 1 atom stereocenters. The second-order valence-electron chi connectivity index (χ2n) is 4.20. The van der Waals surface area contributed by atoms with Gasteiger partial charge in [0.1, 0.15) is 0 Å². The maximum Gasteiger partial charge on any atom is 0.416 e. The summed E-state index contributed by atoms with van der Waals surface area (Å²) in [4.78, 5) is 4.20. The smallest absolute Gasteiger partial charge is 0.330 e. The molecule has 0 fully saturated rings. The van der Waals surface area contributed by atoms with Crippen molar-refractivity contribution in [3.8, 4) is 0 Å². The van der Waals surface area contributed by atoms with Gasteiger partial charge in [-0.05, 0) is 24.1 Å². The molecule has 19 heavy (non-hydrogen) atoms. The molecule has 2 rings (SSSR count). The fourth-order valence-corrected chi connectivity index (χ4v) is 2.58. The van der Waals surface area contributed by atoms with Crippen LogP contribution in [0.4, 0.5) is 13.2 Å². The summed E-state index contributed by atoms with van der Waals surface area (Å²) in [5.41, 5.74) is 5.90. The summed E-state index contributed by atoms with van der Waals surface area (Å²) in [5.74, 6) is 0.0525. The van der Waals surface area contributed by atoms with Gasteiger partial charge in [-0.3, -0.25) is 0 Å². The minimum Gasteiger partial charge on any atom is -0.330 e. The molecule has 1 unspecified atom stereocenters. The van der Waals surface area contributed by atoms with Crippen molar-refractivity contribution in [2.75, 3.05) is 6.54 Å². The van der Waals surface area contributed by atoms with E-state index in [9.17, 15) is 13.2 Å². The molecular formula is C13H13F3N2S. The molecule has 0 radical (unpaired) electrons. The molecule has 2 aromatic rings. The van der Waals surface area contributed by atoms with E-state index >= 15 is 0 Å². The van der Waals surface area contributed by atoms with Gasteiger partial charge in [0.2, 0.25) is 0 Å². The predicted molar refractivity (Wildman–Crippen MR) is 69.1 cm³/mol. The molecule has 0 amide bonds. The number of nitrogens with zero attached hydrogens (tertiary/aromatic N) is 1. The van der Waals surface area contributed by atoms with Crippen molar-refractivity contribution in [1.29, 1.82) is 0 Å². The van der Waals surface area contributed by atoms with E-state index in [1.807, 2.05) is 5.38 Å². The van der Waals surface area contributed by atoms with Crippen LogP contribution in [0.15, 0.2) is 35.8 Å². The van der Waals surface area contributed by atoms with Crippen LogP contribution in [-0.2, 0) is 12.6 Å². The predicted octanol–water partition coefficient (Wildman–Crippen LogP) is 3.45. The van der Waals surface area contributed by atoms with Crippen LogP contribution in [0.3, 0.4) is 0 Å². The highest BCUT2D eigenvalue weighted by Gasteiger charge is 2.30. The number of hydrogen-bond acceptors (Lipinski definition) is 3. The van der Waals surface area contributed by atoms with Gasteiger partial charge in [-0.15, -0.1) is 11.3 Å². The van der Waals surface area contributed by atoms with Gasteiger partial charge in [-0.25, -0.2) is 4.98 Å². The Bertz CT molecular complexity index is 506. The van der Waals surface area contributed by atoms with Crippen molar-refractivity contribution in [2.45, 2.75) is 18.5 Å². The summed E-state index contributed by atoms with van der Waals surface area (Å²) in [5, 5.41) is 2.78. The lowest BCUT2D eigenvalue weighted by Gasteiger charge is -2.13. The molecule has 1 aromatic heterocycles. The lowest BCUT2D eigenvalue weighted by atomic mass is 9.99. The zero-order valence-electron chi connectivity index (χ0n) is 10.0. The third kappa shape index (κ3) is 3.54. The van der Waals surface area contributed by atoms with Gasteiger partial charge < -0.3 is 5.73 Å². The first-order valence-electron chi connectivity index (χ1n) is 5.76. The summed E-state index contributed by atoms with van der Waals surface area (Å²) < 4.78 is 37.3. The Hall–Kier alpha value is -1.40. The molecule has 2 N–H and O–H groups in total. The monoisotopic (exact) mass is 286 g/mol. The van der Waals surface area contributed by atoms with Crippen LogP contribution in [0.1, 0.15) is 22.1 Å². The molecule has 0 aliphatic carbocycles. The molecule has 102 valence electrons. The molecule has 0 aliphatic heterocycles. The van der Waals surface area contributed by atoms with Crippen LogP contribution in [0.25, 0.3) is 0 Å². The van der Waals surface area contributed by atoms with Crippen molar-refractivity contribution < 1.29 is 13.2 Å². The number of rotatable bonds is 4. The maximum atomic E-state index is 12.4. The van der Waals surface area contributed by atoms with E-state index in [0.29, 0.717) is 13.0 Å². The first-order chi connectivity index (χ1) is 9.00. The lowest BCUT2D eigenvalue weighted by molar-refractivity contribution is -0.137. The number of hydrogen-bond donors (Lipinski definition) is 1. The highest BCUT2D eigenvalue weighted by molar-refractivity contribution is 7.09. The molecule has 0 saturated heterocycles. The molecule has 0 spiro atoms. The van der Waals surface area contributed by atoms with E-state index in [0.717, 1.165) is 22.7 Å². The Balaban J connectivity index is 2.11. The van der Waals surface area contributed by atoms with E-state index in [2.05, 4.69) is 4.98 Å². The number of nitrogens with two attached hydrogens (primary N) is 1. The SMILES string of the molecule is NCC(Cc1ccc(C(F)(F)F)cc1)c1nccs1. The van der Waals surface area contributed by atoms with E-state index < -0.39 is 11.7 Å². The number of halogens is 3. The normalized spacial score (nSPS) is 13.5. The molecule has 0 aliphatic rings. The van der Waals surface area contributed by atoms with Crippen molar-refractivity contribution in [1.82, 2.24) is 4.98 Å². The maximum absolute atomic E-state index is 12.4. The van der Waals surface area contributed by atoms with Gasteiger partial charge >= 0.3 is 6.18 Å². The van der Waals surface area contributed by atoms with Crippen molar-refractivity contribution in [3.05, 3.63) is 52.0 Å². The summed E-state index contributed by atoms with van der Waals surface area (Å²) in [6.45, 7) is 0.425. The minimum absolute atomic E-state index is 0.0525. The quantitative estimate of drug-likeness (QED) is 0.935. The Labute approximate surface area is 113 Å². The molecule has 0 bridgehead atoms. The van der Waals surface area contributed by atoms with Crippen LogP contribution in [0, 0.1) is 0 Å². The van der Waals surface area contributed by atoms with Gasteiger partial charge in [0, 0.05) is 24.0 Å². The van der Waals surface area contributed by atoms with Crippen LogP contribution >= 0.6 is 11.3 Å². The second-order valence-corrected chi connectivity index (χ2v) is 5.13. The van der Waals surface area contributed by atoms with E-state index in [-0.39, 0.29) is 5.92 Å². The van der Waals surface area contributed by atoms with Crippen LogP contribution in [-0.4, -0.2) is 11.5 Å². The molecule has 1 aromatic carbocycles. The molecule has 6 heteroatoms. The molecule has 1 heterocycles. The Kier molecular flexibility index (Phi) is 4.21. The zero-order valence-corrected chi connectivity index (χ0v) is 10.8. The highest BCUT2D eigenvalue weighted by Crippen LogP contribution is 2.30. The highest BCUT2D eigenvalue weighted by atomic mass is 32.1.